The Morgan fingerprint density at radius 3 is 2.00 bits per heavy atom. The van der Waals surface area contributed by atoms with E-state index in [0.717, 1.165) is 5.69 Å². The Labute approximate surface area is 103 Å². The molecule has 90 valence electrons. The lowest BCUT2D eigenvalue weighted by atomic mass is 10.0. The number of fused-ring (bicyclic) bond motifs is 5. The minimum absolute atomic E-state index is 0.0607. The van der Waals surface area contributed by atoms with Crippen molar-refractivity contribution in [2.75, 3.05) is 0 Å². The number of hydrogen-bond donors (Lipinski definition) is 2. The molecule has 4 rings (SSSR count). The average Bonchev–Trinajstić information content (AvgIpc) is 3.05. The highest BCUT2D eigenvalue weighted by Crippen LogP contribution is 2.55. The third-order valence-corrected chi connectivity index (χ3v) is 3.53. The molecule has 2 aliphatic heterocycles. The van der Waals surface area contributed by atoms with Crippen LogP contribution in [0.25, 0.3) is 5.69 Å². The second-order valence-corrected chi connectivity index (χ2v) is 4.51. The van der Waals surface area contributed by atoms with Gasteiger partial charge in [0.25, 0.3) is 0 Å². The SMILES string of the molecule is Oc1c2c(c(O)n1-c1ccccc1)C1C=CC2O1. The van der Waals surface area contributed by atoms with Crippen molar-refractivity contribution >= 4 is 0 Å². The van der Waals surface area contributed by atoms with Crippen LogP contribution in [0.2, 0.25) is 0 Å². The third-order valence-electron chi connectivity index (χ3n) is 3.53. The summed E-state index contributed by atoms with van der Waals surface area (Å²) >= 11 is 0. The van der Waals surface area contributed by atoms with Crippen LogP contribution >= 0.6 is 0 Å². The van der Waals surface area contributed by atoms with Gasteiger partial charge in [-0.25, -0.2) is 0 Å². The Morgan fingerprint density at radius 1 is 0.889 bits per heavy atom. The fourth-order valence-electron chi connectivity index (χ4n) is 2.74. The maximum atomic E-state index is 10.3. The van der Waals surface area contributed by atoms with Gasteiger partial charge in [-0.3, -0.25) is 4.57 Å². The fraction of sp³-hybridized carbons (Fsp3) is 0.143. The monoisotopic (exact) mass is 241 g/mol. The van der Waals surface area contributed by atoms with Crippen LogP contribution in [0, 0.1) is 0 Å². The number of para-hydroxylation sites is 1. The largest absolute Gasteiger partial charge is 0.494 e. The zero-order valence-corrected chi connectivity index (χ0v) is 9.45. The molecule has 18 heavy (non-hydrogen) atoms. The summed E-state index contributed by atoms with van der Waals surface area (Å²) in [5.74, 6) is 0.121. The average molecular weight is 241 g/mol. The van der Waals surface area contributed by atoms with Gasteiger partial charge in [0, 0.05) is 0 Å². The van der Waals surface area contributed by atoms with Crippen LogP contribution < -0.4 is 0 Å². The van der Waals surface area contributed by atoms with E-state index in [-0.39, 0.29) is 24.0 Å². The Morgan fingerprint density at radius 2 is 1.44 bits per heavy atom. The van der Waals surface area contributed by atoms with Crippen molar-refractivity contribution in [3.05, 3.63) is 53.6 Å². The van der Waals surface area contributed by atoms with E-state index in [1.807, 2.05) is 42.5 Å². The molecule has 2 atom stereocenters. The maximum Gasteiger partial charge on any atom is 0.205 e. The van der Waals surface area contributed by atoms with Gasteiger partial charge in [-0.2, -0.15) is 0 Å². The van der Waals surface area contributed by atoms with Crippen molar-refractivity contribution in [3.8, 4) is 17.4 Å². The molecule has 0 amide bonds. The minimum atomic E-state index is -0.235. The number of benzene rings is 1. The minimum Gasteiger partial charge on any atom is -0.494 e. The molecule has 2 bridgehead atoms. The topological polar surface area (TPSA) is 54.6 Å². The van der Waals surface area contributed by atoms with E-state index in [1.54, 1.807) is 0 Å². The summed E-state index contributed by atoms with van der Waals surface area (Å²) < 4.78 is 7.05. The smallest absolute Gasteiger partial charge is 0.205 e. The highest BCUT2D eigenvalue weighted by molar-refractivity contribution is 5.59. The van der Waals surface area contributed by atoms with Gasteiger partial charge in [0.2, 0.25) is 11.8 Å². The summed E-state index contributed by atoms with van der Waals surface area (Å²) in [6.07, 6.45) is 3.34. The molecule has 4 heteroatoms. The van der Waals surface area contributed by atoms with Crippen LogP contribution in [-0.4, -0.2) is 14.8 Å². The Balaban J connectivity index is 1.98. The number of hydrogen-bond acceptors (Lipinski definition) is 3. The summed E-state index contributed by atoms with van der Waals surface area (Å²) in [6.45, 7) is 0. The van der Waals surface area contributed by atoms with Crippen molar-refractivity contribution in [2.45, 2.75) is 12.2 Å². The molecule has 0 aliphatic carbocycles. The van der Waals surface area contributed by atoms with E-state index in [1.165, 1.54) is 4.57 Å². The number of ether oxygens (including phenoxy) is 1. The first-order chi connectivity index (χ1) is 8.77. The van der Waals surface area contributed by atoms with E-state index >= 15 is 0 Å². The number of rotatable bonds is 1. The quantitative estimate of drug-likeness (QED) is 0.754. The molecule has 0 fully saturated rings. The lowest BCUT2D eigenvalue weighted by molar-refractivity contribution is 0.0842. The van der Waals surface area contributed by atoms with Crippen LogP contribution in [0.1, 0.15) is 23.3 Å². The van der Waals surface area contributed by atoms with Gasteiger partial charge >= 0.3 is 0 Å². The van der Waals surface area contributed by atoms with Crippen molar-refractivity contribution in [2.24, 2.45) is 0 Å². The van der Waals surface area contributed by atoms with Gasteiger partial charge in [-0.1, -0.05) is 30.4 Å². The molecule has 0 radical (unpaired) electrons. The Kier molecular flexibility index (Phi) is 1.73. The maximum absolute atomic E-state index is 10.3. The first kappa shape index (κ1) is 9.79. The molecular formula is C14H11NO3. The molecule has 1 aromatic carbocycles. The second-order valence-electron chi connectivity index (χ2n) is 4.51. The molecule has 0 saturated carbocycles. The summed E-state index contributed by atoms with van der Waals surface area (Å²) in [4.78, 5) is 0. The zero-order chi connectivity index (χ0) is 12.3. The summed E-state index contributed by atoms with van der Waals surface area (Å²) in [7, 11) is 0. The summed E-state index contributed by atoms with van der Waals surface area (Å²) in [5.41, 5.74) is 2.11. The van der Waals surface area contributed by atoms with Crippen LogP contribution in [0.5, 0.6) is 11.8 Å². The first-order valence-electron chi connectivity index (χ1n) is 5.83. The second kappa shape index (κ2) is 3.17. The lowest BCUT2D eigenvalue weighted by Gasteiger charge is -2.09. The number of nitrogens with zero attached hydrogens (tertiary/aromatic N) is 1. The fourth-order valence-corrected chi connectivity index (χ4v) is 2.74. The molecule has 2 N–H and O–H groups in total. The molecule has 1 aromatic heterocycles. The molecule has 2 aromatic rings. The predicted molar refractivity (Wildman–Crippen MR) is 64.8 cm³/mol. The van der Waals surface area contributed by atoms with Crippen molar-refractivity contribution < 1.29 is 14.9 Å². The van der Waals surface area contributed by atoms with Crippen molar-refractivity contribution in [3.63, 3.8) is 0 Å². The van der Waals surface area contributed by atoms with E-state index in [0.29, 0.717) is 11.1 Å². The molecule has 2 aliphatic rings. The van der Waals surface area contributed by atoms with E-state index in [9.17, 15) is 10.2 Å². The van der Waals surface area contributed by atoms with Gasteiger partial charge in [0.1, 0.15) is 12.2 Å². The van der Waals surface area contributed by atoms with Crippen LogP contribution in [0.4, 0.5) is 0 Å². The van der Waals surface area contributed by atoms with Crippen LogP contribution in [0.15, 0.2) is 42.5 Å². The van der Waals surface area contributed by atoms with Crippen molar-refractivity contribution in [1.29, 1.82) is 0 Å². The summed E-state index contributed by atoms with van der Waals surface area (Å²) in [6, 6.07) is 9.30. The zero-order valence-electron chi connectivity index (χ0n) is 9.45. The van der Waals surface area contributed by atoms with Crippen LogP contribution in [0.3, 0.4) is 0 Å². The molecule has 3 heterocycles. The van der Waals surface area contributed by atoms with E-state index < -0.39 is 0 Å². The van der Waals surface area contributed by atoms with Gasteiger partial charge in [0.15, 0.2) is 0 Å². The van der Waals surface area contributed by atoms with Crippen molar-refractivity contribution in [1.82, 2.24) is 4.57 Å². The first-order valence-corrected chi connectivity index (χ1v) is 5.83. The van der Waals surface area contributed by atoms with E-state index in [4.69, 9.17) is 4.74 Å². The van der Waals surface area contributed by atoms with Gasteiger partial charge in [-0.05, 0) is 12.1 Å². The predicted octanol–water partition coefficient (Wildman–Crippen LogP) is 2.57. The highest BCUT2D eigenvalue weighted by atomic mass is 16.5. The number of aromatic hydroxyl groups is 2. The highest BCUT2D eigenvalue weighted by Gasteiger charge is 2.42. The Bertz CT molecular complexity index is 622. The molecule has 0 spiro atoms. The third kappa shape index (κ3) is 1.03. The molecule has 4 nitrogen and oxygen atoms in total. The normalized spacial score (nSPS) is 23.6. The molecular weight excluding hydrogens is 230 g/mol. The van der Waals surface area contributed by atoms with Gasteiger partial charge < -0.3 is 14.9 Å². The van der Waals surface area contributed by atoms with Gasteiger partial charge in [-0.15, -0.1) is 0 Å². The summed E-state index contributed by atoms with van der Waals surface area (Å²) in [5, 5.41) is 20.6. The van der Waals surface area contributed by atoms with Crippen LogP contribution in [-0.2, 0) is 4.74 Å². The Hall–Kier alpha value is -2.20. The lowest BCUT2D eigenvalue weighted by Crippen LogP contribution is -1.96. The molecule has 2 unspecified atom stereocenters. The molecule has 0 saturated heterocycles. The number of aromatic nitrogens is 1. The van der Waals surface area contributed by atoms with E-state index in [2.05, 4.69) is 0 Å². The standard InChI is InChI=1S/C14H11NO3/c16-13-11-9-6-7-10(18-9)12(11)14(17)15(13)8-4-2-1-3-5-8/h1-7,9-10,16-17H. The van der Waals surface area contributed by atoms with Gasteiger partial charge in [0.05, 0.1) is 16.8 Å².